The molecule has 8 heteroatoms. The zero-order valence-electron chi connectivity index (χ0n) is 16.6. The summed E-state index contributed by atoms with van der Waals surface area (Å²) in [5.41, 5.74) is 1.83. The van der Waals surface area contributed by atoms with Crippen molar-refractivity contribution < 1.29 is 28.6 Å². The van der Waals surface area contributed by atoms with Gasteiger partial charge in [-0.15, -0.1) is 0 Å². The monoisotopic (exact) mass is 398 g/mol. The summed E-state index contributed by atoms with van der Waals surface area (Å²) in [7, 11) is 0. The molecule has 1 fully saturated rings. The number of nitrogens with zero attached hydrogens (tertiary/aromatic N) is 2. The molecular weight excluding hydrogens is 370 g/mol. The van der Waals surface area contributed by atoms with Crippen molar-refractivity contribution >= 4 is 12.0 Å². The third kappa shape index (κ3) is 5.19. The Hall–Kier alpha value is -2.22. The molecule has 0 spiro atoms. The molecule has 3 rings (SSSR count). The molecule has 1 unspecified atom stereocenters. The molecule has 0 aliphatic carbocycles. The van der Waals surface area contributed by atoms with E-state index in [4.69, 9.17) is 14.6 Å². The number of carbonyl (C=O) groups excluding carboxylic acids is 2. The van der Waals surface area contributed by atoms with Crippen LogP contribution in [0.15, 0.2) is 18.2 Å². The van der Waals surface area contributed by atoms with E-state index < -0.39 is 24.4 Å². The first-order valence-corrected chi connectivity index (χ1v) is 9.40. The lowest BCUT2D eigenvalue weighted by Gasteiger charge is -2.38. The molecular formula is C20H28F2N2O4. The lowest BCUT2D eigenvalue weighted by atomic mass is 9.92. The highest BCUT2D eigenvalue weighted by Gasteiger charge is 2.39. The van der Waals surface area contributed by atoms with Crippen molar-refractivity contribution in [3.8, 4) is 0 Å². The third-order valence-electron chi connectivity index (χ3n) is 4.89. The predicted octanol–water partition coefficient (Wildman–Crippen LogP) is 3.30. The van der Waals surface area contributed by atoms with Gasteiger partial charge in [-0.05, 0) is 50.3 Å². The molecule has 0 radical (unpaired) electrons. The Morgan fingerprint density at radius 3 is 2.39 bits per heavy atom. The summed E-state index contributed by atoms with van der Waals surface area (Å²) in [6.07, 6.45) is 1.95. The number of benzene rings is 1. The van der Waals surface area contributed by atoms with Crippen LogP contribution in [0.5, 0.6) is 0 Å². The van der Waals surface area contributed by atoms with Crippen LogP contribution in [0.4, 0.5) is 13.7 Å². The molecule has 2 aliphatic heterocycles. The summed E-state index contributed by atoms with van der Waals surface area (Å²) < 4.78 is 27.1. The van der Waals surface area contributed by atoms with E-state index in [1.165, 1.54) is 4.90 Å². The summed E-state index contributed by atoms with van der Waals surface area (Å²) in [5.74, 6) is -0.0198. The quantitative estimate of drug-likeness (QED) is 0.830. The van der Waals surface area contributed by atoms with Crippen molar-refractivity contribution in [2.45, 2.75) is 64.9 Å². The average Bonchev–Trinajstić information content (AvgIpc) is 3.21. The fourth-order valence-corrected chi connectivity index (χ4v) is 3.60. The highest BCUT2D eigenvalue weighted by molar-refractivity contribution is 5.87. The Labute approximate surface area is 164 Å². The lowest BCUT2D eigenvalue weighted by Crippen LogP contribution is -2.54. The summed E-state index contributed by atoms with van der Waals surface area (Å²) >= 11 is 0. The molecule has 1 aromatic carbocycles. The molecule has 1 atom stereocenters. The van der Waals surface area contributed by atoms with Crippen LogP contribution in [0, 0.1) is 0 Å². The number of alkyl halides is 1. The lowest BCUT2D eigenvalue weighted by molar-refractivity contribution is -0.136. The minimum Gasteiger partial charge on any atom is -0.444 e. The molecule has 0 aromatic heterocycles. The molecule has 1 N–H and O–H groups in total. The van der Waals surface area contributed by atoms with Crippen molar-refractivity contribution in [2.24, 2.45) is 0 Å². The first-order chi connectivity index (χ1) is 13.3. The molecule has 0 bridgehead atoms. The van der Waals surface area contributed by atoms with E-state index in [0.29, 0.717) is 12.0 Å². The second kappa shape index (κ2) is 9.32. The SMILES string of the molecule is CC(C)(C)OC(=O)N1Cc2cc(CF)ccc2CC1C(=O)N1CCCC1.OF. The molecule has 2 heterocycles. The van der Waals surface area contributed by atoms with Gasteiger partial charge >= 0.3 is 6.09 Å². The van der Waals surface area contributed by atoms with Crippen LogP contribution in [0.25, 0.3) is 0 Å². The van der Waals surface area contributed by atoms with E-state index in [1.807, 2.05) is 11.0 Å². The van der Waals surface area contributed by atoms with Gasteiger partial charge in [0.25, 0.3) is 0 Å². The first-order valence-electron chi connectivity index (χ1n) is 9.40. The van der Waals surface area contributed by atoms with Crippen LogP contribution in [0.3, 0.4) is 0 Å². The zero-order chi connectivity index (χ0) is 20.9. The van der Waals surface area contributed by atoms with Crippen LogP contribution in [0.1, 0.15) is 50.3 Å². The minimum atomic E-state index is -0.639. The molecule has 28 heavy (non-hydrogen) atoms. The summed E-state index contributed by atoms with van der Waals surface area (Å²) in [5, 5.41) is 5.50. The fourth-order valence-electron chi connectivity index (χ4n) is 3.60. The number of ether oxygens (including phenoxy) is 1. The van der Waals surface area contributed by atoms with Gasteiger partial charge in [0.1, 0.15) is 18.3 Å². The van der Waals surface area contributed by atoms with Gasteiger partial charge < -0.3 is 9.64 Å². The standard InChI is InChI=1S/C20H27FN2O3.FHO/c1-20(2,3)26-19(25)23-13-16-10-14(12-21)6-7-15(16)11-17(23)18(24)22-8-4-5-9-22;1-2/h6-7,10,17H,4-5,8-9,11-13H2,1-3H3;2H. The van der Waals surface area contributed by atoms with Crippen LogP contribution in [-0.4, -0.2) is 51.8 Å². The highest BCUT2D eigenvalue weighted by Crippen LogP contribution is 2.28. The molecule has 1 saturated heterocycles. The molecule has 2 aliphatic rings. The summed E-state index contributed by atoms with van der Waals surface area (Å²) in [4.78, 5) is 29.1. The molecule has 156 valence electrons. The maximum Gasteiger partial charge on any atom is 0.411 e. The van der Waals surface area contributed by atoms with E-state index in [2.05, 4.69) is 0 Å². The number of rotatable bonds is 2. The minimum absolute atomic E-state index is 0.0198. The number of fused-ring (bicyclic) bond motifs is 1. The maximum absolute atomic E-state index is 13.0. The number of halogens is 2. The second-order valence-corrected chi connectivity index (χ2v) is 8.10. The number of amides is 2. The number of likely N-dealkylation sites (tertiary alicyclic amines) is 1. The van der Waals surface area contributed by atoms with Crippen molar-refractivity contribution in [1.29, 1.82) is 0 Å². The Bertz CT molecular complexity index is 700. The predicted molar refractivity (Wildman–Crippen MR) is 99.7 cm³/mol. The number of hydrogen-bond donors (Lipinski definition) is 1. The van der Waals surface area contributed by atoms with Crippen LogP contribution in [-0.2, 0) is 29.2 Å². The van der Waals surface area contributed by atoms with Gasteiger partial charge in [-0.2, -0.15) is 0 Å². The number of carbonyl (C=O) groups is 2. The fraction of sp³-hybridized carbons (Fsp3) is 0.600. The second-order valence-electron chi connectivity index (χ2n) is 8.10. The van der Waals surface area contributed by atoms with E-state index in [0.717, 1.165) is 37.1 Å². The van der Waals surface area contributed by atoms with E-state index in [9.17, 15) is 14.0 Å². The van der Waals surface area contributed by atoms with E-state index in [-0.39, 0.29) is 12.5 Å². The maximum atomic E-state index is 13.0. The Balaban J connectivity index is 0.00000136. The van der Waals surface area contributed by atoms with Crippen molar-refractivity contribution in [3.05, 3.63) is 34.9 Å². The largest absolute Gasteiger partial charge is 0.444 e. The smallest absolute Gasteiger partial charge is 0.411 e. The Morgan fingerprint density at radius 2 is 1.82 bits per heavy atom. The molecule has 1 aromatic rings. The van der Waals surface area contributed by atoms with Gasteiger partial charge in [0.05, 0.1) is 6.54 Å². The molecule has 2 amide bonds. The highest BCUT2D eigenvalue weighted by atomic mass is 19.3. The molecule has 6 nitrogen and oxygen atoms in total. The van der Waals surface area contributed by atoms with Gasteiger partial charge in [0.2, 0.25) is 5.91 Å². The Morgan fingerprint density at radius 1 is 1.18 bits per heavy atom. The van der Waals surface area contributed by atoms with Gasteiger partial charge in [-0.25, -0.2) is 14.5 Å². The van der Waals surface area contributed by atoms with Gasteiger partial charge in [-0.3, -0.25) is 9.69 Å². The van der Waals surface area contributed by atoms with Crippen molar-refractivity contribution in [3.63, 3.8) is 0 Å². The normalized spacial score (nSPS) is 18.9. The molecule has 0 saturated carbocycles. The topological polar surface area (TPSA) is 70.1 Å². The zero-order valence-corrected chi connectivity index (χ0v) is 16.6. The van der Waals surface area contributed by atoms with Gasteiger partial charge in [-0.1, -0.05) is 22.7 Å². The number of hydrogen-bond acceptors (Lipinski definition) is 4. The van der Waals surface area contributed by atoms with Crippen LogP contribution in [0.2, 0.25) is 0 Å². The van der Waals surface area contributed by atoms with Crippen LogP contribution >= 0.6 is 0 Å². The van der Waals surface area contributed by atoms with E-state index >= 15 is 0 Å². The Kier molecular flexibility index (Phi) is 7.35. The summed E-state index contributed by atoms with van der Waals surface area (Å²) in [6.45, 7) is 6.62. The summed E-state index contributed by atoms with van der Waals surface area (Å²) in [6, 6.07) is 4.84. The first kappa shape index (κ1) is 22.1. The van der Waals surface area contributed by atoms with Gasteiger partial charge in [0, 0.05) is 19.5 Å². The average molecular weight is 398 g/mol. The third-order valence-corrected chi connectivity index (χ3v) is 4.89. The van der Waals surface area contributed by atoms with Crippen molar-refractivity contribution in [1.82, 2.24) is 9.80 Å². The van der Waals surface area contributed by atoms with Gasteiger partial charge in [0.15, 0.2) is 0 Å². The van der Waals surface area contributed by atoms with Crippen LogP contribution < -0.4 is 0 Å². The van der Waals surface area contributed by atoms with Crippen molar-refractivity contribution in [2.75, 3.05) is 13.1 Å². The van der Waals surface area contributed by atoms with E-state index in [1.54, 1.807) is 32.9 Å².